The Morgan fingerprint density at radius 3 is 3.00 bits per heavy atom. The summed E-state index contributed by atoms with van der Waals surface area (Å²) >= 11 is 0. The van der Waals surface area contributed by atoms with E-state index in [2.05, 4.69) is 5.32 Å². The van der Waals surface area contributed by atoms with Crippen molar-refractivity contribution in [3.05, 3.63) is 12.3 Å². The van der Waals surface area contributed by atoms with Crippen LogP contribution in [0, 0.1) is 5.92 Å². The van der Waals surface area contributed by atoms with Crippen molar-refractivity contribution in [3.63, 3.8) is 0 Å². The zero-order valence-electron chi connectivity index (χ0n) is 4.63. The van der Waals surface area contributed by atoms with Crippen LogP contribution >= 0.6 is 0 Å². The van der Waals surface area contributed by atoms with Gasteiger partial charge in [0.15, 0.2) is 0 Å². The van der Waals surface area contributed by atoms with Crippen LogP contribution in [0.15, 0.2) is 12.3 Å². The van der Waals surface area contributed by atoms with E-state index in [0.29, 0.717) is 0 Å². The summed E-state index contributed by atoms with van der Waals surface area (Å²) in [5, 5.41) is 3.01. The average molecular weight is 111 g/mol. The summed E-state index contributed by atoms with van der Waals surface area (Å²) in [4.78, 5) is 10.1. The van der Waals surface area contributed by atoms with Crippen molar-refractivity contribution in [2.75, 3.05) is 6.54 Å². The minimum Gasteiger partial charge on any atom is -0.391 e. The summed E-state index contributed by atoms with van der Waals surface area (Å²) in [5.41, 5.74) is 0. The van der Waals surface area contributed by atoms with Crippen molar-refractivity contribution in [1.82, 2.24) is 5.32 Å². The third kappa shape index (κ3) is 1.09. The van der Waals surface area contributed by atoms with Crippen LogP contribution in [-0.4, -0.2) is 12.8 Å². The van der Waals surface area contributed by atoms with Gasteiger partial charge in [-0.15, -0.1) is 0 Å². The van der Waals surface area contributed by atoms with Gasteiger partial charge in [-0.3, -0.25) is 0 Å². The van der Waals surface area contributed by atoms with E-state index in [-0.39, 0.29) is 5.92 Å². The first-order valence-corrected chi connectivity index (χ1v) is 2.79. The molecular formula is C6H9NO. The SMILES string of the molecule is O=C[C@@H]1C=CNCC1. The fourth-order valence-electron chi connectivity index (χ4n) is 0.735. The number of carbonyl (C=O) groups excluding carboxylic acids is 1. The molecule has 1 aliphatic rings. The van der Waals surface area contributed by atoms with Crippen molar-refractivity contribution in [2.24, 2.45) is 5.92 Å². The van der Waals surface area contributed by atoms with Crippen molar-refractivity contribution in [1.29, 1.82) is 0 Å². The summed E-state index contributed by atoms with van der Waals surface area (Å²) in [6.45, 7) is 0.930. The summed E-state index contributed by atoms with van der Waals surface area (Å²) in [7, 11) is 0. The monoisotopic (exact) mass is 111 g/mol. The van der Waals surface area contributed by atoms with E-state index < -0.39 is 0 Å². The van der Waals surface area contributed by atoms with E-state index in [1.54, 1.807) is 0 Å². The first kappa shape index (κ1) is 5.35. The van der Waals surface area contributed by atoms with Gasteiger partial charge in [-0.25, -0.2) is 0 Å². The van der Waals surface area contributed by atoms with Crippen molar-refractivity contribution in [2.45, 2.75) is 6.42 Å². The molecule has 1 atom stereocenters. The Labute approximate surface area is 48.6 Å². The standard InChI is InChI=1S/C6H9NO/c8-5-6-1-3-7-4-2-6/h1,3,5-7H,2,4H2/t6-/m1/s1. The largest absolute Gasteiger partial charge is 0.391 e. The summed E-state index contributed by atoms with van der Waals surface area (Å²) in [6.07, 6.45) is 5.65. The molecule has 0 aromatic heterocycles. The van der Waals surface area contributed by atoms with Crippen molar-refractivity contribution < 1.29 is 4.79 Å². The quantitative estimate of drug-likeness (QED) is 0.493. The summed E-state index contributed by atoms with van der Waals surface area (Å²) in [6, 6.07) is 0. The molecule has 2 nitrogen and oxygen atoms in total. The molecule has 0 amide bonds. The molecule has 1 N–H and O–H groups in total. The number of carbonyl (C=O) groups is 1. The predicted octanol–water partition coefficient (Wildman–Crippen LogP) is 0.308. The second-order valence-corrected chi connectivity index (χ2v) is 1.90. The van der Waals surface area contributed by atoms with Crippen LogP contribution in [-0.2, 0) is 4.79 Å². The molecule has 1 rings (SSSR count). The number of hydrogen-bond acceptors (Lipinski definition) is 2. The number of hydrogen-bond donors (Lipinski definition) is 1. The minimum atomic E-state index is 0.163. The molecule has 1 heterocycles. The van der Waals surface area contributed by atoms with Gasteiger partial charge in [0.1, 0.15) is 6.29 Å². The van der Waals surface area contributed by atoms with Gasteiger partial charge in [-0.05, 0) is 12.6 Å². The Balaban J connectivity index is 2.42. The van der Waals surface area contributed by atoms with Gasteiger partial charge in [0, 0.05) is 12.5 Å². The Bertz CT molecular complexity index is 109. The molecule has 0 fully saturated rings. The van der Waals surface area contributed by atoms with Gasteiger partial charge in [-0.1, -0.05) is 6.08 Å². The van der Waals surface area contributed by atoms with Crippen LogP contribution in [0.2, 0.25) is 0 Å². The van der Waals surface area contributed by atoms with Crippen molar-refractivity contribution in [3.8, 4) is 0 Å². The predicted molar refractivity (Wildman–Crippen MR) is 31.3 cm³/mol. The number of aldehydes is 1. The zero-order valence-corrected chi connectivity index (χ0v) is 4.63. The molecule has 8 heavy (non-hydrogen) atoms. The molecule has 2 heteroatoms. The molecule has 0 aromatic carbocycles. The van der Waals surface area contributed by atoms with E-state index >= 15 is 0 Å². The number of rotatable bonds is 1. The number of allylic oxidation sites excluding steroid dienone is 1. The van der Waals surface area contributed by atoms with Gasteiger partial charge >= 0.3 is 0 Å². The van der Waals surface area contributed by atoms with Crippen LogP contribution in [0.4, 0.5) is 0 Å². The second-order valence-electron chi connectivity index (χ2n) is 1.90. The average Bonchev–Trinajstić information content (AvgIpc) is 1.90. The highest BCUT2D eigenvalue weighted by Gasteiger charge is 2.03. The van der Waals surface area contributed by atoms with E-state index in [9.17, 15) is 4.79 Å². The second kappa shape index (κ2) is 2.50. The lowest BCUT2D eigenvalue weighted by Gasteiger charge is -2.09. The van der Waals surface area contributed by atoms with E-state index in [4.69, 9.17) is 0 Å². The maximum absolute atomic E-state index is 10.1. The molecule has 1 aliphatic heterocycles. The third-order valence-corrected chi connectivity index (χ3v) is 1.26. The van der Waals surface area contributed by atoms with Gasteiger partial charge in [0.2, 0.25) is 0 Å². The van der Waals surface area contributed by atoms with Gasteiger partial charge < -0.3 is 10.1 Å². The Morgan fingerprint density at radius 2 is 2.62 bits per heavy atom. The fourth-order valence-corrected chi connectivity index (χ4v) is 0.735. The van der Waals surface area contributed by atoms with E-state index in [0.717, 1.165) is 19.3 Å². The highest BCUT2D eigenvalue weighted by atomic mass is 16.1. The Hall–Kier alpha value is -0.790. The molecule has 0 bridgehead atoms. The van der Waals surface area contributed by atoms with Gasteiger partial charge in [0.05, 0.1) is 0 Å². The Kier molecular flexibility index (Phi) is 1.67. The van der Waals surface area contributed by atoms with Crippen LogP contribution in [0.1, 0.15) is 6.42 Å². The van der Waals surface area contributed by atoms with Crippen LogP contribution in [0.25, 0.3) is 0 Å². The first-order valence-electron chi connectivity index (χ1n) is 2.79. The summed E-state index contributed by atoms with van der Waals surface area (Å²) < 4.78 is 0. The molecule has 0 radical (unpaired) electrons. The van der Waals surface area contributed by atoms with Gasteiger partial charge in [0.25, 0.3) is 0 Å². The van der Waals surface area contributed by atoms with Crippen molar-refractivity contribution >= 4 is 6.29 Å². The molecule has 0 aliphatic carbocycles. The highest BCUT2D eigenvalue weighted by molar-refractivity contribution is 5.56. The third-order valence-electron chi connectivity index (χ3n) is 1.26. The molecular weight excluding hydrogens is 102 g/mol. The molecule has 0 saturated carbocycles. The maximum atomic E-state index is 10.1. The topological polar surface area (TPSA) is 29.1 Å². The molecule has 0 spiro atoms. The minimum absolute atomic E-state index is 0.163. The smallest absolute Gasteiger partial charge is 0.126 e. The highest BCUT2D eigenvalue weighted by Crippen LogP contribution is 2.02. The lowest BCUT2D eigenvalue weighted by molar-refractivity contribution is -0.110. The fraction of sp³-hybridized carbons (Fsp3) is 0.500. The van der Waals surface area contributed by atoms with Crippen LogP contribution in [0.3, 0.4) is 0 Å². The molecule has 0 saturated heterocycles. The summed E-state index contributed by atoms with van der Waals surface area (Å²) in [5.74, 6) is 0.163. The van der Waals surface area contributed by atoms with Crippen LogP contribution < -0.4 is 5.32 Å². The van der Waals surface area contributed by atoms with Gasteiger partial charge in [-0.2, -0.15) is 0 Å². The number of nitrogens with one attached hydrogen (secondary N) is 1. The lowest BCUT2D eigenvalue weighted by Crippen LogP contribution is -2.17. The molecule has 44 valence electrons. The lowest BCUT2D eigenvalue weighted by atomic mass is 10.1. The normalized spacial score (nSPS) is 26.8. The molecule has 0 unspecified atom stereocenters. The first-order chi connectivity index (χ1) is 3.93. The maximum Gasteiger partial charge on any atom is 0.126 e. The van der Waals surface area contributed by atoms with E-state index in [1.165, 1.54) is 0 Å². The molecule has 0 aromatic rings. The van der Waals surface area contributed by atoms with Crippen LogP contribution in [0.5, 0.6) is 0 Å². The Morgan fingerprint density at radius 1 is 1.75 bits per heavy atom. The van der Waals surface area contributed by atoms with E-state index in [1.807, 2.05) is 12.3 Å². The zero-order chi connectivity index (χ0) is 5.82.